The summed E-state index contributed by atoms with van der Waals surface area (Å²) in [6.45, 7) is 6.87. The molecule has 0 rings (SSSR count). The lowest BCUT2D eigenvalue weighted by Gasteiger charge is -1.97. The molecule has 0 aromatic carbocycles. The number of hydrogen-bond acceptors (Lipinski definition) is 0. The molecular weight excluding hydrogens is 136 g/mol. The lowest BCUT2D eigenvalue weighted by molar-refractivity contribution is 0.700. The summed E-state index contributed by atoms with van der Waals surface area (Å²) in [5, 5.41) is 0. The summed E-state index contributed by atoms with van der Waals surface area (Å²) in [5.74, 6) is 0. The Hall–Kier alpha value is 0.0869. The van der Waals surface area contributed by atoms with Crippen molar-refractivity contribution in [3.63, 3.8) is 0 Å². The van der Waals surface area contributed by atoms with E-state index in [2.05, 4.69) is 26.1 Å². The van der Waals surface area contributed by atoms with Gasteiger partial charge in [0.05, 0.1) is 0 Å². The Labute approximate surface area is 66.9 Å². The molecule has 60 valence electrons. The van der Waals surface area contributed by atoms with Gasteiger partial charge in [0, 0.05) is 8.41 Å². The molecule has 0 bridgehead atoms. The van der Waals surface area contributed by atoms with Gasteiger partial charge in [-0.1, -0.05) is 46.1 Å². The molecule has 0 N–H and O–H groups in total. The third-order valence-electron chi connectivity index (χ3n) is 1.92. The normalized spacial score (nSPS) is 12.1. The van der Waals surface area contributed by atoms with E-state index in [1.165, 1.54) is 31.7 Å². The van der Waals surface area contributed by atoms with Crippen LogP contribution in [0.15, 0.2) is 0 Å². The van der Waals surface area contributed by atoms with Crippen molar-refractivity contribution >= 4 is 14.1 Å². The first-order chi connectivity index (χ1) is 4.81. The van der Waals surface area contributed by atoms with Crippen molar-refractivity contribution in [1.82, 2.24) is 0 Å². The Balaban J connectivity index is 3.04. The van der Waals surface area contributed by atoms with Gasteiger partial charge in [-0.25, -0.2) is 0 Å². The van der Waals surface area contributed by atoms with Crippen LogP contribution >= 0.6 is 0 Å². The zero-order valence-corrected chi connectivity index (χ0v) is 8.61. The van der Waals surface area contributed by atoms with Crippen LogP contribution in [0.4, 0.5) is 0 Å². The Kier molecular flexibility index (Phi) is 7.26. The van der Waals surface area contributed by atoms with E-state index >= 15 is 0 Å². The van der Waals surface area contributed by atoms with Gasteiger partial charge >= 0.3 is 0 Å². The van der Waals surface area contributed by atoms with E-state index in [0.29, 0.717) is 0 Å². The number of hydrogen-bond donors (Lipinski definition) is 0. The summed E-state index contributed by atoms with van der Waals surface area (Å²) < 4.78 is 0. The van der Waals surface area contributed by atoms with Crippen LogP contribution in [-0.4, -0.2) is 14.1 Å². The Morgan fingerprint density at radius 2 is 1.90 bits per heavy atom. The molecule has 10 heavy (non-hydrogen) atoms. The smallest absolute Gasteiger partial charge is 0.00171 e. The van der Waals surface area contributed by atoms with Crippen molar-refractivity contribution in [2.45, 2.75) is 52.1 Å². The minimum Gasteiger partial charge on any atom is -0.107 e. The van der Waals surface area contributed by atoms with Crippen molar-refractivity contribution in [2.75, 3.05) is 0 Å². The monoisotopic (exact) mass is 156 g/mol. The second-order valence-corrected chi connectivity index (χ2v) is 5.72. The largest absolute Gasteiger partial charge is 0.107 e. The van der Waals surface area contributed by atoms with Gasteiger partial charge in [-0.3, -0.25) is 0 Å². The quantitative estimate of drug-likeness (QED) is 0.424. The van der Waals surface area contributed by atoms with Crippen LogP contribution in [-0.2, 0) is 0 Å². The first kappa shape index (κ1) is 10.1. The van der Waals surface area contributed by atoms with Gasteiger partial charge in [-0.05, 0) is 6.04 Å². The topological polar surface area (TPSA) is 0 Å². The molecule has 0 aromatic rings. The molecule has 0 spiro atoms. The van der Waals surface area contributed by atoms with Crippen molar-refractivity contribution < 1.29 is 0 Å². The minimum absolute atomic E-state index is 0.0345. The van der Waals surface area contributed by atoms with Crippen LogP contribution in [0.1, 0.15) is 39.5 Å². The maximum atomic E-state index is 2.40. The Morgan fingerprint density at radius 1 is 1.20 bits per heavy atom. The van der Waals surface area contributed by atoms with Crippen LogP contribution in [0, 0.1) is 0 Å². The lowest BCUT2D eigenvalue weighted by atomic mass is 10.2. The number of unbranched alkanes of at least 4 members (excludes halogenated alkanes) is 3. The predicted molar refractivity (Wildman–Crippen MR) is 52.3 cm³/mol. The predicted octanol–water partition coefficient (Wildman–Crippen LogP) is 3.10. The molecule has 0 heterocycles. The van der Waals surface area contributed by atoms with E-state index in [-0.39, 0.29) is 8.41 Å². The fourth-order valence-electron chi connectivity index (χ4n) is 0.975. The Morgan fingerprint density at radius 3 is 2.40 bits per heavy atom. The van der Waals surface area contributed by atoms with Crippen molar-refractivity contribution in [3.05, 3.63) is 0 Å². The average molecular weight is 156 g/mol. The molecular formula is C9H20Si. The summed E-state index contributed by atoms with van der Waals surface area (Å²) in [4.78, 5) is 0. The first-order valence-corrected chi connectivity index (χ1v) is 6.71. The SMILES string of the molecule is CC=[Si](C)CCCCCC. The average Bonchev–Trinajstić information content (AvgIpc) is 1.98. The van der Waals surface area contributed by atoms with Crippen LogP contribution in [0.25, 0.3) is 0 Å². The molecule has 1 heteroatoms. The molecule has 0 radical (unpaired) electrons. The van der Waals surface area contributed by atoms with E-state index < -0.39 is 0 Å². The van der Waals surface area contributed by atoms with Gasteiger partial charge in [0.1, 0.15) is 0 Å². The summed E-state index contributed by atoms with van der Waals surface area (Å²) in [5.41, 5.74) is 2.40. The minimum atomic E-state index is -0.0345. The van der Waals surface area contributed by atoms with Crippen molar-refractivity contribution in [2.24, 2.45) is 0 Å². The van der Waals surface area contributed by atoms with Gasteiger partial charge in [0.25, 0.3) is 0 Å². The molecule has 0 saturated carbocycles. The fourth-order valence-corrected chi connectivity index (χ4v) is 2.07. The fraction of sp³-hybridized carbons (Fsp3) is 0.889. The standard InChI is InChI=1S/C9H20Si/c1-4-6-7-8-9-10(3)5-2/h5H,4,6-9H2,1-3H3. The van der Waals surface area contributed by atoms with Gasteiger partial charge < -0.3 is 0 Å². The zero-order valence-electron chi connectivity index (χ0n) is 7.61. The molecule has 0 amide bonds. The maximum Gasteiger partial charge on any atom is 0.00171 e. The summed E-state index contributed by atoms with van der Waals surface area (Å²) >= 11 is 0. The molecule has 0 fully saturated rings. The van der Waals surface area contributed by atoms with Crippen molar-refractivity contribution in [3.8, 4) is 0 Å². The van der Waals surface area contributed by atoms with Gasteiger partial charge in [0.15, 0.2) is 0 Å². The highest BCUT2D eigenvalue weighted by atomic mass is 28.2. The van der Waals surface area contributed by atoms with Crippen LogP contribution in [0.5, 0.6) is 0 Å². The van der Waals surface area contributed by atoms with Crippen LogP contribution in [0.3, 0.4) is 0 Å². The highest BCUT2D eigenvalue weighted by molar-refractivity contribution is 6.64. The second-order valence-electron chi connectivity index (χ2n) is 2.95. The number of rotatable bonds is 5. The third-order valence-corrected chi connectivity index (χ3v) is 4.05. The third kappa shape index (κ3) is 6.21. The Bertz CT molecular complexity index is 94.9. The van der Waals surface area contributed by atoms with E-state index in [1.54, 1.807) is 0 Å². The summed E-state index contributed by atoms with van der Waals surface area (Å²) in [6, 6.07) is 1.49. The van der Waals surface area contributed by atoms with E-state index in [9.17, 15) is 0 Å². The van der Waals surface area contributed by atoms with Crippen molar-refractivity contribution in [1.29, 1.82) is 0 Å². The zero-order chi connectivity index (χ0) is 7.82. The van der Waals surface area contributed by atoms with Gasteiger partial charge in [-0.15, -0.1) is 5.67 Å². The molecule has 0 aliphatic heterocycles. The van der Waals surface area contributed by atoms with Crippen LogP contribution in [0.2, 0.25) is 12.6 Å². The molecule has 0 aliphatic rings. The maximum absolute atomic E-state index is 2.40. The highest BCUT2D eigenvalue weighted by Crippen LogP contribution is 2.02. The van der Waals surface area contributed by atoms with Gasteiger partial charge in [0.2, 0.25) is 0 Å². The summed E-state index contributed by atoms with van der Waals surface area (Å²) in [6.07, 6.45) is 5.70. The molecule has 0 aliphatic carbocycles. The molecule has 0 nitrogen and oxygen atoms in total. The molecule has 0 unspecified atom stereocenters. The first-order valence-electron chi connectivity index (χ1n) is 4.43. The highest BCUT2D eigenvalue weighted by Gasteiger charge is 1.89. The molecule has 0 atom stereocenters. The van der Waals surface area contributed by atoms with Gasteiger partial charge in [-0.2, -0.15) is 0 Å². The van der Waals surface area contributed by atoms with E-state index in [4.69, 9.17) is 0 Å². The second kappa shape index (κ2) is 7.20. The van der Waals surface area contributed by atoms with E-state index in [1.807, 2.05) is 0 Å². The van der Waals surface area contributed by atoms with Crippen LogP contribution < -0.4 is 0 Å². The van der Waals surface area contributed by atoms with E-state index in [0.717, 1.165) is 0 Å². The molecule has 0 saturated heterocycles. The lowest BCUT2D eigenvalue weighted by Crippen LogP contribution is -1.95. The summed E-state index contributed by atoms with van der Waals surface area (Å²) in [7, 11) is -0.0345. The molecule has 0 aromatic heterocycles.